The van der Waals surface area contributed by atoms with E-state index in [0.29, 0.717) is 69.5 Å². The number of rotatable bonds is 10. The number of pyridine rings is 1. The molecule has 53 heavy (non-hydrogen) atoms. The van der Waals surface area contributed by atoms with E-state index in [1.54, 1.807) is 19.3 Å². The minimum atomic E-state index is -0.461. The van der Waals surface area contributed by atoms with E-state index >= 15 is 4.39 Å². The van der Waals surface area contributed by atoms with Crippen molar-refractivity contribution in [3.63, 3.8) is 0 Å². The lowest BCUT2D eigenvalue weighted by atomic mass is 9.85. The van der Waals surface area contributed by atoms with Gasteiger partial charge in [0.05, 0.1) is 17.8 Å². The maximum Gasteiger partial charge on any atom is 0.258 e. The first-order valence-electron chi connectivity index (χ1n) is 18.6. The van der Waals surface area contributed by atoms with Gasteiger partial charge < -0.3 is 19.5 Å². The van der Waals surface area contributed by atoms with Crippen molar-refractivity contribution in [2.24, 2.45) is 18.9 Å². The van der Waals surface area contributed by atoms with E-state index in [0.717, 1.165) is 63.2 Å². The van der Waals surface area contributed by atoms with Crippen LogP contribution in [0.4, 0.5) is 20.2 Å². The number of imide groups is 1. The van der Waals surface area contributed by atoms with Gasteiger partial charge in [0.1, 0.15) is 23.4 Å². The standard InChI is InChI=1S/C41H46ClF2N5O4/c1-47-23-32(31-21-28(43)5-7-30(31)41(47)52)27-19-35(44)33(38(20-27)53-2)24-48-15-11-25(12-16-48)3-4-26-13-17-49(18-14-26)37-9-6-29(22-34(37)42)45-36-8-10-39(50)46-40(36)51/h5-7,9,19-23,25-26,36,45H,3-4,8,10-18,24H2,1-2H3,(H,46,50,51). The number of carbonyl (C=O) groups is 2. The third-order valence-corrected chi connectivity index (χ3v) is 11.7. The highest BCUT2D eigenvalue weighted by Crippen LogP contribution is 2.37. The molecule has 4 heterocycles. The first-order valence-corrected chi connectivity index (χ1v) is 19.0. The van der Waals surface area contributed by atoms with Crippen molar-refractivity contribution in [2.75, 3.05) is 43.5 Å². The molecule has 3 saturated heterocycles. The second kappa shape index (κ2) is 15.9. The molecule has 1 atom stereocenters. The number of ether oxygens (including phenoxy) is 1. The van der Waals surface area contributed by atoms with Gasteiger partial charge in [-0.2, -0.15) is 0 Å². The van der Waals surface area contributed by atoms with Crippen LogP contribution in [0.25, 0.3) is 21.9 Å². The van der Waals surface area contributed by atoms with Crippen molar-refractivity contribution in [1.29, 1.82) is 0 Å². The zero-order chi connectivity index (χ0) is 37.2. The lowest BCUT2D eigenvalue weighted by Gasteiger charge is -2.36. The number of aromatic nitrogens is 1. The van der Waals surface area contributed by atoms with Crippen LogP contribution in [0, 0.1) is 23.5 Å². The number of hydrogen-bond donors (Lipinski definition) is 2. The molecule has 0 radical (unpaired) electrons. The molecule has 0 saturated carbocycles. The van der Waals surface area contributed by atoms with Gasteiger partial charge in [-0.3, -0.25) is 24.6 Å². The van der Waals surface area contributed by atoms with Crippen LogP contribution in [0.2, 0.25) is 5.02 Å². The molecule has 0 aliphatic carbocycles. The predicted molar refractivity (Wildman–Crippen MR) is 205 cm³/mol. The van der Waals surface area contributed by atoms with Gasteiger partial charge in [-0.15, -0.1) is 0 Å². The van der Waals surface area contributed by atoms with Gasteiger partial charge in [-0.1, -0.05) is 24.4 Å². The zero-order valence-electron chi connectivity index (χ0n) is 30.2. The number of piperidine rings is 3. The Morgan fingerprint density at radius 2 is 1.60 bits per heavy atom. The summed E-state index contributed by atoms with van der Waals surface area (Å²) in [6, 6.07) is 12.7. The van der Waals surface area contributed by atoms with Crippen molar-refractivity contribution in [1.82, 2.24) is 14.8 Å². The van der Waals surface area contributed by atoms with Crippen LogP contribution in [0.15, 0.2) is 59.5 Å². The smallest absolute Gasteiger partial charge is 0.258 e. The summed E-state index contributed by atoms with van der Waals surface area (Å²) in [5.74, 6) is 0.381. The molecule has 280 valence electrons. The quantitative estimate of drug-likeness (QED) is 0.165. The fourth-order valence-electron chi connectivity index (χ4n) is 8.25. The molecule has 3 fully saturated rings. The van der Waals surface area contributed by atoms with E-state index < -0.39 is 11.9 Å². The van der Waals surface area contributed by atoms with Gasteiger partial charge >= 0.3 is 0 Å². The van der Waals surface area contributed by atoms with Crippen molar-refractivity contribution in [3.8, 4) is 16.9 Å². The predicted octanol–water partition coefficient (Wildman–Crippen LogP) is 7.27. The second-order valence-corrected chi connectivity index (χ2v) is 15.2. The molecule has 1 aromatic heterocycles. The van der Waals surface area contributed by atoms with Gasteiger partial charge in [0.15, 0.2) is 0 Å². The summed E-state index contributed by atoms with van der Waals surface area (Å²) in [7, 11) is 3.17. The van der Waals surface area contributed by atoms with Crippen molar-refractivity contribution >= 4 is 45.6 Å². The normalized spacial score (nSPS) is 19.1. The Kier molecular flexibility index (Phi) is 11.0. The van der Waals surface area contributed by atoms with Gasteiger partial charge in [0.25, 0.3) is 5.56 Å². The summed E-state index contributed by atoms with van der Waals surface area (Å²) in [4.78, 5) is 40.9. The Morgan fingerprint density at radius 1 is 0.887 bits per heavy atom. The van der Waals surface area contributed by atoms with Crippen LogP contribution in [-0.4, -0.2) is 60.6 Å². The largest absolute Gasteiger partial charge is 0.496 e. The number of methoxy groups -OCH3 is 1. The SMILES string of the molecule is COc1cc(-c2cn(C)c(=O)c3ccc(F)cc23)cc(F)c1CN1CCC(CCC2CCN(c3ccc(NC4CCC(=O)NC4=O)cc3Cl)CC2)CC1. The third kappa shape index (κ3) is 8.21. The van der Waals surface area contributed by atoms with E-state index in [-0.39, 0.29) is 23.2 Å². The van der Waals surface area contributed by atoms with E-state index in [9.17, 15) is 18.8 Å². The first-order chi connectivity index (χ1) is 25.6. The molecule has 12 heteroatoms. The number of likely N-dealkylation sites (tertiary alicyclic amines) is 1. The molecule has 9 nitrogen and oxygen atoms in total. The Labute approximate surface area is 313 Å². The number of fused-ring (bicyclic) bond motifs is 1. The summed E-state index contributed by atoms with van der Waals surface area (Å²) < 4.78 is 37.1. The molecule has 3 aromatic carbocycles. The number of carbonyl (C=O) groups excluding carboxylic acids is 2. The number of hydrogen-bond acceptors (Lipinski definition) is 7. The van der Waals surface area contributed by atoms with E-state index in [4.69, 9.17) is 16.3 Å². The molecule has 1 unspecified atom stereocenters. The summed E-state index contributed by atoms with van der Waals surface area (Å²) in [6.07, 6.45) is 9.18. The van der Waals surface area contributed by atoms with E-state index in [1.165, 1.54) is 48.8 Å². The molecule has 4 aromatic rings. The van der Waals surface area contributed by atoms with Crippen LogP contribution in [-0.2, 0) is 23.2 Å². The topological polar surface area (TPSA) is 95.9 Å². The zero-order valence-corrected chi connectivity index (χ0v) is 31.0. The van der Waals surface area contributed by atoms with Crippen LogP contribution < -0.4 is 25.8 Å². The number of anilines is 2. The summed E-state index contributed by atoms with van der Waals surface area (Å²) in [5.41, 5.74) is 3.12. The number of amides is 2. The van der Waals surface area contributed by atoms with Crippen molar-refractivity contribution in [2.45, 2.75) is 64.0 Å². The molecule has 0 spiro atoms. The number of benzene rings is 3. The lowest BCUT2D eigenvalue weighted by Crippen LogP contribution is -2.47. The van der Waals surface area contributed by atoms with E-state index in [2.05, 4.69) is 20.4 Å². The number of halogens is 3. The fraction of sp³-hybridized carbons (Fsp3) is 0.439. The molecule has 3 aliphatic heterocycles. The minimum Gasteiger partial charge on any atom is -0.496 e. The van der Waals surface area contributed by atoms with Gasteiger partial charge in [-0.05, 0) is 117 Å². The molecule has 2 N–H and O–H groups in total. The first kappa shape index (κ1) is 36.9. The van der Waals surface area contributed by atoms with Gasteiger partial charge in [-0.25, -0.2) is 8.78 Å². The number of aryl methyl sites for hydroxylation is 1. The molecular formula is C41H46ClF2N5O4. The van der Waals surface area contributed by atoms with E-state index in [1.807, 2.05) is 18.2 Å². The maximum absolute atomic E-state index is 15.8. The highest BCUT2D eigenvalue weighted by atomic mass is 35.5. The Bertz CT molecular complexity index is 2070. The average Bonchev–Trinajstić information content (AvgIpc) is 3.15. The number of nitrogens with one attached hydrogen (secondary N) is 2. The highest BCUT2D eigenvalue weighted by molar-refractivity contribution is 6.33. The maximum atomic E-state index is 15.8. The molecule has 3 aliphatic rings. The van der Waals surface area contributed by atoms with Crippen LogP contribution in [0.1, 0.15) is 56.9 Å². The monoisotopic (exact) mass is 745 g/mol. The van der Waals surface area contributed by atoms with Crippen molar-refractivity contribution in [3.05, 3.63) is 87.3 Å². The van der Waals surface area contributed by atoms with Gasteiger partial charge in [0, 0.05) is 61.5 Å². The molecule has 7 rings (SSSR count). The summed E-state index contributed by atoms with van der Waals surface area (Å²) >= 11 is 6.70. The Balaban J connectivity index is 0.890. The fourth-order valence-corrected chi connectivity index (χ4v) is 8.55. The van der Waals surface area contributed by atoms with Crippen molar-refractivity contribution < 1.29 is 23.1 Å². The lowest BCUT2D eigenvalue weighted by molar-refractivity contribution is -0.133. The minimum absolute atomic E-state index is 0.235. The second-order valence-electron chi connectivity index (χ2n) is 14.8. The van der Waals surface area contributed by atoms with Crippen LogP contribution in [0.5, 0.6) is 5.75 Å². The van der Waals surface area contributed by atoms with Crippen LogP contribution in [0.3, 0.4) is 0 Å². The van der Waals surface area contributed by atoms with Gasteiger partial charge in [0.2, 0.25) is 11.8 Å². The highest BCUT2D eigenvalue weighted by Gasteiger charge is 2.28. The molecular weight excluding hydrogens is 700 g/mol. The summed E-state index contributed by atoms with van der Waals surface area (Å²) in [6.45, 7) is 4.13. The Hall–Kier alpha value is -4.48. The average molecular weight is 746 g/mol. The van der Waals surface area contributed by atoms with Crippen LogP contribution >= 0.6 is 11.6 Å². The molecule has 2 amide bonds. The Morgan fingerprint density at radius 3 is 2.28 bits per heavy atom. The third-order valence-electron chi connectivity index (χ3n) is 11.4. The summed E-state index contributed by atoms with van der Waals surface area (Å²) in [5, 5.41) is 7.04. The molecule has 0 bridgehead atoms. The number of nitrogens with zero attached hydrogens (tertiary/aromatic N) is 3.